The number of nitrogen functional groups attached to an aromatic ring is 1. The minimum Gasteiger partial charge on any atom is -0.492 e. The van der Waals surface area contributed by atoms with Crippen molar-refractivity contribution in [3.05, 3.63) is 47.6 Å². The monoisotopic (exact) mass is 327 g/mol. The Balaban J connectivity index is 1.86. The van der Waals surface area contributed by atoms with Crippen LogP contribution in [0.5, 0.6) is 5.75 Å². The number of nitrogens with two attached hydrogens (primary N) is 1. The molecule has 3 N–H and O–H groups in total. The van der Waals surface area contributed by atoms with Gasteiger partial charge in [-0.1, -0.05) is 11.6 Å². The van der Waals surface area contributed by atoms with Crippen molar-refractivity contribution in [2.75, 3.05) is 22.8 Å². The third-order valence-corrected chi connectivity index (χ3v) is 3.94. The van der Waals surface area contributed by atoms with Gasteiger partial charge in [0.1, 0.15) is 23.9 Å². The normalized spacial score (nSPS) is 11.1. The Morgan fingerprint density at radius 3 is 2.52 bits per heavy atom. The number of halogens is 1. The van der Waals surface area contributed by atoms with E-state index in [-0.39, 0.29) is 18.2 Å². The van der Waals surface area contributed by atoms with Crippen LogP contribution in [-0.2, 0) is 10.0 Å². The Morgan fingerprint density at radius 1 is 1.19 bits per heavy atom. The molecule has 6 nitrogen and oxygen atoms in total. The van der Waals surface area contributed by atoms with Gasteiger partial charge in [0.2, 0.25) is 10.0 Å². The Hall–Kier alpha value is -1.99. The van der Waals surface area contributed by atoms with Crippen LogP contribution in [0, 0.1) is 0 Å². The summed E-state index contributed by atoms with van der Waals surface area (Å²) in [7, 11) is -3.53. The van der Waals surface area contributed by atoms with Crippen LogP contribution in [0.3, 0.4) is 0 Å². The van der Waals surface area contributed by atoms with Crippen LogP contribution in [0.4, 0.5) is 11.5 Å². The zero-order valence-electron chi connectivity index (χ0n) is 11.0. The van der Waals surface area contributed by atoms with Crippen molar-refractivity contribution < 1.29 is 13.2 Å². The summed E-state index contributed by atoms with van der Waals surface area (Å²) in [6, 6.07) is 9.75. The molecule has 0 radical (unpaired) electrons. The van der Waals surface area contributed by atoms with Gasteiger partial charge in [0.05, 0.1) is 5.02 Å². The summed E-state index contributed by atoms with van der Waals surface area (Å²) in [5.41, 5.74) is 6.16. The van der Waals surface area contributed by atoms with Gasteiger partial charge < -0.3 is 10.5 Å². The zero-order valence-corrected chi connectivity index (χ0v) is 12.6. The average molecular weight is 328 g/mol. The number of rotatable bonds is 6. The van der Waals surface area contributed by atoms with E-state index in [1.165, 1.54) is 12.3 Å². The number of pyridine rings is 1. The van der Waals surface area contributed by atoms with E-state index in [0.717, 1.165) is 0 Å². The molecular weight excluding hydrogens is 314 g/mol. The number of sulfonamides is 1. The summed E-state index contributed by atoms with van der Waals surface area (Å²) < 4.78 is 31.4. The van der Waals surface area contributed by atoms with Gasteiger partial charge >= 0.3 is 0 Å². The van der Waals surface area contributed by atoms with Crippen LogP contribution in [0.15, 0.2) is 42.6 Å². The van der Waals surface area contributed by atoms with Gasteiger partial charge in [-0.15, -0.1) is 0 Å². The van der Waals surface area contributed by atoms with E-state index < -0.39 is 10.0 Å². The lowest BCUT2D eigenvalue weighted by Gasteiger charge is -2.09. The maximum Gasteiger partial charge on any atom is 0.237 e. The SMILES string of the molecule is Nc1ccc(OCCS(=O)(=O)Nc2ccc(Cl)cn2)cc1. The topological polar surface area (TPSA) is 94.3 Å². The zero-order chi connectivity index (χ0) is 15.3. The fourth-order valence-electron chi connectivity index (χ4n) is 1.48. The van der Waals surface area contributed by atoms with E-state index in [9.17, 15) is 8.42 Å². The summed E-state index contributed by atoms with van der Waals surface area (Å²) in [5, 5.41) is 0.435. The van der Waals surface area contributed by atoms with Crippen LogP contribution in [0.1, 0.15) is 0 Å². The predicted octanol–water partition coefficient (Wildman–Crippen LogP) is 2.14. The largest absolute Gasteiger partial charge is 0.492 e. The van der Waals surface area contributed by atoms with E-state index in [1.54, 1.807) is 30.3 Å². The summed E-state index contributed by atoms with van der Waals surface area (Å²) in [6.07, 6.45) is 1.37. The molecular formula is C13H14ClN3O3S. The van der Waals surface area contributed by atoms with E-state index >= 15 is 0 Å². The molecule has 8 heteroatoms. The van der Waals surface area contributed by atoms with Crippen molar-refractivity contribution in [1.29, 1.82) is 0 Å². The van der Waals surface area contributed by atoms with Crippen molar-refractivity contribution in [1.82, 2.24) is 4.98 Å². The maximum atomic E-state index is 11.8. The predicted molar refractivity (Wildman–Crippen MR) is 83.0 cm³/mol. The molecule has 2 aromatic rings. The number of nitrogens with zero attached hydrogens (tertiary/aromatic N) is 1. The summed E-state index contributed by atoms with van der Waals surface area (Å²) in [6.45, 7) is 0.0207. The lowest BCUT2D eigenvalue weighted by Crippen LogP contribution is -2.21. The fourth-order valence-corrected chi connectivity index (χ4v) is 2.44. The second kappa shape index (κ2) is 6.64. The van der Waals surface area contributed by atoms with Gasteiger partial charge in [-0.05, 0) is 36.4 Å². The molecule has 0 atom stereocenters. The van der Waals surface area contributed by atoms with Gasteiger partial charge in [-0.2, -0.15) is 0 Å². The highest BCUT2D eigenvalue weighted by Gasteiger charge is 2.11. The average Bonchev–Trinajstić information content (AvgIpc) is 2.43. The third kappa shape index (κ3) is 5.13. The number of hydrogen-bond acceptors (Lipinski definition) is 5. The van der Waals surface area contributed by atoms with Gasteiger partial charge in [0.15, 0.2) is 0 Å². The quantitative estimate of drug-likeness (QED) is 0.793. The molecule has 0 saturated carbocycles. The second-order valence-electron chi connectivity index (χ2n) is 4.20. The van der Waals surface area contributed by atoms with Crippen LogP contribution in [-0.4, -0.2) is 25.8 Å². The molecule has 112 valence electrons. The maximum absolute atomic E-state index is 11.8. The van der Waals surface area contributed by atoms with Crippen molar-refractivity contribution in [3.8, 4) is 5.75 Å². The number of anilines is 2. The first-order valence-corrected chi connectivity index (χ1v) is 8.08. The van der Waals surface area contributed by atoms with Crippen LogP contribution in [0.2, 0.25) is 5.02 Å². The highest BCUT2D eigenvalue weighted by Crippen LogP contribution is 2.14. The minimum atomic E-state index is -3.53. The molecule has 0 aliphatic heterocycles. The van der Waals surface area contributed by atoms with Crippen molar-refractivity contribution >= 4 is 33.1 Å². The molecule has 0 fully saturated rings. The molecule has 0 spiro atoms. The molecule has 0 aliphatic rings. The van der Waals surface area contributed by atoms with Crippen molar-refractivity contribution in [2.45, 2.75) is 0 Å². The van der Waals surface area contributed by atoms with Gasteiger partial charge in [0.25, 0.3) is 0 Å². The van der Waals surface area contributed by atoms with E-state index in [4.69, 9.17) is 22.1 Å². The number of benzene rings is 1. The van der Waals surface area contributed by atoms with E-state index in [2.05, 4.69) is 9.71 Å². The number of nitrogens with one attached hydrogen (secondary N) is 1. The molecule has 0 bridgehead atoms. The second-order valence-corrected chi connectivity index (χ2v) is 6.48. The Kier molecular flexibility index (Phi) is 4.87. The van der Waals surface area contributed by atoms with Crippen LogP contribution < -0.4 is 15.2 Å². The first-order chi connectivity index (χ1) is 9.94. The smallest absolute Gasteiger partial charge is 0.237 e. The van der Waals surface area contributed by atoms with Gasteiger partial charge in [0, 0.05) is 11.9 Å². The molecule has 0 aliphatic carbocycles. The molecule has 0 saturated heterocycles. The molecule has 1 heterocycles. The summed E-state index contributed by atoms with van der Waals surface area (Å²) in [5.74, 6) is 0.581. The molecule has 0 unspecified atom stereocenters. The number of aromatic nitrogens is 1. The van der Waals surface area contributed by atoms with Gasteiger partial charge in [-0.3, -0.25) is 4.72 Å². The molecule has 1 aromatic heterocycles. The minimum absolute atomic E-state index is 0.0207. The lowest BCUT2D eigenvalue weighted by molar-refractivity contribution is 0.341. The highest BCUT2D eigenvalue weighted by molar-refractivity contribution is 7.92. The van der Waals surface area contributed by atoms with Gasteiger partial charge in [-0.25, -0.2) is 13.4 Å². The molecule has 2 rings (SSSR count). The van der Waals surface area contributed by atoms with Crippen LogP contribution in [0.25, 0.3) is 0 Å². The van der Waals surface area contributed by atoms with Crippen molar-refractivity contribution in [3.63, 3.8) is 0 Å². The van der Waals surface area contributed by atoms with Crippen molar-refractivity contribution in [2.24, 2.45) is 0 Å². The molecule has 21 heavy (non-hydrogen) atoms. The number of ether oxygens (including phenoxy) is 1. The molecule has 1 aromatic carbocycles. The van der Waals surface area contributed by atoms with E-state index in [0.29, 0.717) is 16.5 Å². The summed E-state index contributed by atoms with van der Waals surface area (Å²) >= 11 is 5.68. The molecule has 0 amide bonds. The lowest BCUT2D eigenvalue weighted by atomic mass is 10.3. The Labute approximate surface area is 128 Å². The van der Waals surface area contributed by atoms with E-state index in [1.807, 2.05) is 0 Å². The standard InChI is InChI=1S/C13H14ClN3O3S/c14-10-1-6-13(16-9-10)17-21(18,19)8-7-20-12-4-2-11(15)3-5-12/h1-6,9H,7-8,15H2,(H,16,17). The van der Waals surface area contributed by atoms with Crippen LogP contribution >= 0.6 is 11.6 Å². The third-order valence-electron chi connectivity index (χ3n) is 2.49. The first-order valence-electron chi connectivity index (χ1n) is 6.05. The Morgan fingerprint density at radius 2 is 1.90 bits per heavy atom. The summed E-state index contributed by atoms with van der Waals surface area (Å²) in [4.78, 5) is 3.86. The number of hydrogen-bond donors (Lipinski definition) is 2. The highest BCUT2D eigenvalue weighted by atomic mass is 35.5. The first kappa shape index (κ1) is 15.4. The Bertz CT molecular complexity index is 688. The fraction of sp³-hybridized carbons (Fsp3) is 0.154.